The van der Waals surface area contributed by atoms with E-state index in [1.54, 1.807) is 13.8 Å². The van der Waals surface area contributed by atoms with Crippen molar-refractivity contribution >= 4 is 14.6 Å². The first-order valence-corrected chi connectivity index (χ1v) is 9.88. The van der Waals surface area contributed by atoms with Crippen molar-refractivity contribution in [3.63, 3.8) is 0 Å². The molecule has 1 aromatic rings. The third kappa shape index (κ3) is 5.20. The molecule has 1 aliphatic heterocycles. The van der Waals surface area contributed by atoms with Gasteiger partial charge in [-0.15, -0.1) is 4.83 Å². The molecule has 0 aromatic carbocycles. The molecule has 0 radical (unpaired) electrons. The zero-order chi connectivity index (χ0) is 21.9. The van der Waals surface area contributed by atoms with E-state index in [4.69, 9.17) is 14.3 Å². The second-order valence-corrected chi connectivity index (χ2v) is 7.78. The van der Waals surface area contributed by atoms with Crippen LogP contribution in [0.4, 0.5) is 4.39 Å². The molecular weight excluding hydrogens is 412 g/mol. The van der Waals surface area contributed by atoms with Crippen LogP contribution in [0.15, 0.2) is 21.9 Å². The van der Waals surface area contributed by atoms with Crippen LogP contribution in [0.1, 0.15) is 33.9 Å². The summed E-state index contributed by atoms with van der Waals surface area (Å²) in [5.74, 6) is -0.663. The summed E-state index contributed by atoms with van der Waals surface area (Å²) in [7, 11) is -1.70. The number of carbonyl (C=O) groups excluding carboxylic acids is 1. The monoisotopic (exact) mass is 437 g/mol. The Morgan fingerprint density at radius 2 is 2.14 bits per heavy atom. The predicted octanol–water partition coefficient (Wildman–Crippen LogP) is -0.232. The van der Waals surface area contributed by atoms with Gasteiger partial charge in [0.1, 0.15) is 26.9 Å². The molecule has 2 N–H and O–H groups in total. The Hall–Kier alpha value is -1.85. The minimum Gasteiger partial charge on any atom is -0.462 e. The van der Waals surface area contributed by atoms with Crippen molar-refractivity contribution in [2.75, 3.05) is 6.61 Å². The van der Waals surface area contributed by atoms with Crippen molar-refractivity contribution < 1.29 is 33.2 Å². The van der Waals surface area contributed by atoms with Gasteiger partial charge < -0.3 is 19.1 Å². The van der Waals surface area contributed by atoms with E-state index in [1.807, 2.05) is 4.98 Å². The van der Waals surface area contributed by atoms with E-state index < -0.39 is 62.6 Å². The fourth-order valence-electron chi connectivity index (χ4n) is 2.79. The number of halogens is 1. The van der Waals surface area contributed by atoms with Crippen LogP contribution in [0.3, 0.4) is 0 Å². The average molecular weight is 437 g/mol. The zero-order valence-corrected chi connectivity index (χ0v) is 17.6. The van der Waals surface area contributed by atoms with E-state index in [9.17, 15) is 24.1 Å². The average Bonchev–Trinajstić information content (AvgIpc) is 2.85. The van der Waals surface area contributed by atoms with Crippen molar-refractivity contribution in [1.82, 2.24) is 14.4 Å². The lowest BCUT2D eigenvalue weighted by atomic mass is 9.98. The van der Waals surface area contributed by atoms with E-state index in [0.717, 1.165) is 28.6 Å². The molecule has 0 saturated carbocycles. The molecule has 13 heteroatoms. The van der Waals surface area contributed by atoms with Crippen molar-refractivity contribution in [2.45, 2.75) is 63.9 Å². The first-order valence-electron chi connectivity index (χ1n) is 8.90. The molecule has 1 fully saturated rings. The van der Waals surface area contributed by atoms with Crippen molar-refractivity contribution in [3.05, 3.63) is 33.1 Å². The van der Waals surface area contributed by atoms with Crippen LogP contribution in [-0.2, 0) is 23.7 Å². The molecule has 0 bridgehead atoms. The molecule has 11 nitrogen and oxygen atoms in total. The SMILES string of the molecule is CC(C)OC(=O)C(C)N(OC[C@H]1O[C@@H](n2ccc(=O)[nH]c2=O)[C@](C)(F)[C@@H]1O)[PH2]=O. The molecule has 2 heterocycles. The Bertz CT molecular complexity index is 857. The van der Waals surface area contributed by atoms with Gasteiger partial charge in [0, 0.05) is 12.3 Å². The highest BCUT2D eigenvalue weighted by atomic mass is 31.1. The fraction of sp³-hybridized carbons (Fsp3) is 0.688. The van der Waals surface area contributed by atoms with Gasteiger partial charge in [-0.2, -0.15) is 0 Å². The van der Waals surface area contributed by atoms with Gasteiger partial charge in [0.25, 0.3) is 5.56 Å². The standard InChI is InChI=1S/C16H25FN3O8P/c1-8(2)27-13(23)9(3)20(29-25)26-7-10-12(22)16(4,17)14(28-10)19-6-5-11(21)18-15(19)24/h5-6,8-10,12,14,22H,7,29H2,1-4H3,(H,18,21,24)/t9?,10-,12-,14-,16-/m1/s1. The van der Waals surface area contributed by atoms with Crippen LogP contribution in [0.2, 0.25) is 0 Å². The number of nitrogens with one attached hydrogen (secondary N) is 1. The number of alkyl halides is 1. The number of aromatic nitrogens is 2. The van der Waals surface area contributed by atoms with Crippen LogP contribution < -0.4 is 11.2 Å². The summed E-state index contributed by atoms with van der Waals surface area (Å²) >= 11 is 0. The zero-order valence-electron chi connectivity index (χ0n) is 16.4. The van der Waals surface area contributed by atoms with E-state index in [0.29, 0.717) is 0 Å². The molecule has 2 unspecified atom stereocenters. The maximum absolute atomic E-state index is 15.1. The second kappa shape index (κ2) is 9.31. The van der Waals surface area contributed by atoms with Crippen LogP contribution in [0, 0.1) is 0 Å². The Kier molecular flexibility index (Phi) is 7.52. The number of nitrogens with zero attached hydrogens (tertiary/aromatic N) is 2. The lowest BCUT2D eigenvalue weighted by Crippen LogP contribution is -2.44. The molecule has 29 heavy (non-hydrogen) atoms. The van der Waals surface area contributed by atoms with Crippen molar-refractivity contribution in [1.29, 1.82) is 0 Å². The maximum atomic E-state index is 15.1. The number of aromatic amines is 1. The Balaban J connectivity index is 2.11. The summed E-state index contributed by atoms with van der Waals surface area (Å²) < 4.78 is 37.8. The molecule has 0 aliphatic carbocycles. The van der Waals surface area contributed by atoms with Crippen molar-refractivity contribution in [3.8, 4) is 0 Å². The van der Waals surface area contributed by atoms with E-state index in [-0.39, 0.29) is 6.10 Å². The topological polar surface area (TPSA) is 140 Å². The van der Waals surface area contributed by atoms with Gasteiger partial charge in [-0.25, -0.2) is 9.18 Å². The van der Waals surface area contributed by atoms with Gasteiger partial charge in [-0.1, -0.05) is 0 Å². The Morgan fingerprint density at radius 3 is 2.69 bits per heavy atom. The summed E-state index contributed by atoms with van der Waals surface area (Å²) in [6.07, 6.45) is -3.80. The lowest BCUT2D eigenvalue weighted by molar-refractivity contribution is -0.180. The second-order valence-electron chi connectivity index (χ2n) is 7.06. The van der Waals surface area contributed by atoms with Crippen LogP contribution >= 0.6 is 8.61 Å². The van der Waals surface area contributed by atoms with E-state index in [1.165, 1.54) is 6.92 Å². The van der Waals surface area contributed by atoms with Gasteiger partial charge in [0.15, 0.2) is 11.9 Å². The predicted molar refractivity (Wildman–Crippen MR) is 99.6 cm³/mol. The first kappa shape index (κ1) is 23.4. The van der Waals surface area contributed by atoms with E-state index in [2.05, 4.69) is 0 Å². The number of carbonyl (C=O) groups is 1. The molecule has 0 amide bonds. The molecule has 1 aliphatic rings. The number of hydroxylamine groups is 1. The number of esters is 1. The van der Waals surface area contributed by atoms with Gasteiger partial charge >= 0.3 is 11.7 Å². The lowest BCUT2D eigenvalue weighted by Gasteiger charge is -2.25. The minimum atomic E-state index is -2.40. The summed E-state index contributed by atoms with van der Waals surface area (Å²) in [6.45, 7) is 5.33. The molecule has 6 atom stereocenters. The van der Waals surface area contributed by atoms with Crippen LogP contribution in [0.5, 0.6) is 0 Å². The largest absolute Gasteiger partial charge is 0.462 e. The Labute approximate surface area is 166 Å². The quantitative estimate of drug-likeness (QED) is 0.321. The molecule has 1 aromatic heterocycles. The Morgan fingerprint density at radius 1 is 1.48 bits per heavy atom. The van der Waals surface area contributed by atoms with Crippen LogP contribution in [0.25, 0.3) is 0 Å². The van der Waals surface area contributed by atoms with Crippen LogP contribution in [-0.4, -0.2) is 62.1 Å². The number of aliphatic hydroxyl groups is 1. The first-order chi connectivity index (χ1) is 13.5. The van der Waals surface area contributed by atoms with Gasteiger partial charge in [-0.3, -0.25) is 24.0 Å². The smallest absolute Gasteiger partial charge is 0.330 e. The van der Waals surface area contributed by atoms with Gasteiger partial charge in [-0.05, 0) is 27.7 Å². The minimum absolute atomic E-state index is 0.378. The number of H-pyrrole nitrogens is 1. The summed E-state index contributed by atoms with van der Waals surface area (Å²) in [4.78, 5) is 43.2. The van der Waals surface area contributed by atoms with Gasteiger partial charge in [0.05, 0.1) is 12.7 Å². The molecule has 164 valence electrons. The maximum Gasteiger partial charge on any atom is 0.330 e. The third-order valence-electron chi connectivity index (χ3n) is 4.39. The number of ether oxygens (including phenoxy) is 2. The number of hydrogen-bond donors (Lipinski definition) is 2. The van der Waals surface area contributed by atoms with E-state index >= 15 is 4.39 Å². The summed E-state index contributed by atoms with van der Waals surface area (Å²) in [6, 6.07) is 0.0134. The normalized spacial score (nSPS) is 28.5. The molecule has 1 saturated heterocycles. The van der Waals surface area contributed by atoms with Crippen molar-refractivity contribution in [2.24, 2.45) is 0 Å². The molecule has 0 spiro atoms. The highest BCUT2D eigenvalue weighted by Gasteiger charge is 2.55. The fourth-order valence-corrected chi connectivity index (χ4v) is 3.24. The highest BCUT2D eigenvalue weighted by Crippen LogP contribution is 2.40. The van der Waals surface area contributed by atoms with Gasteiger partial charge in [0.2, 0.25) is 0 Å². The summed E-state index contributed by atoms with van der Waals surface area (Å²) in [5, 5.41) is 10.3. The highest BCUT2D eigenvalue weighted by molar-refractivity contribution is 7.20. The molecule has 2 rings (SSSR count). The number of hydrogen-bond acceptors (Lipinski definition) is 8. The third-order valence-corrected chi connectivity index (χ3v) is 5.19. The summed E-state index contributed by atoms with van der Waals surface area (Å²) in [5.41, 5.74) is -3.97. The molecular formula is C16H25FN3O8P. The number of rotatable bonds is 8. The number of aliphatic hydroxyl groups excluding tert-OH is 1.